The van der Waals surface area contributed by atoms with Gasteiger partial charge in [0.25, 0.3) is 0 Å². The van der Waals surface area contributed by atoms with Gasteiger partial charge in [0.2, 0.25) is 0 Å². The van der Waals surface area contributed by atoms with Crippen LogP contribution in [-0.4, -0.2) is 24.0 Å². The van der Waals surface area contributed by atoms with Gasteiger partial charge in [-0.25, -0.2) is 4.79 Å². The maximum absolute atomic E-state index is 11.0. The zero-order chi connectivity index (χ0) is 21.1. The van der Waals surface area contributed by atoms with Crippen LogP contribution in [0.1, 0.15) is 84.7 Å². The molecule has 4 nitrogen and oxygen atoms in total. The number of carboxylic acids is 1. The first-order valence-corrected chi connectivity index (χ1v) is 10.7. The normalized spacial score (nSPS) is 22.5. The van der Waals surface area contributed by atoms with Crippen molar-refractivity contribution in [3.05, 3.63) is 70.3 Å². The minimum atomic E-state index is -0.931. The average molecular weight is 405 g/mol. The third kappa shape index (κ3) is 4.59. The van der Waals surface area contributed by atoms with Crippen LogP contribution < -0.4 is 0 Å². The topological polar surface area (TPSA) is 55.8 Å². The SMILES string of the molecule is CC1(C)CC[C@@H](O[C@H]2CCCCO2)c2cc(C#Cc3ccc(C(=O)O)cc3)ccc21. The molecule has 156 valence electrons. The largest absolute Gasteiger partial charge is 0.478 e. The Morgan fingerprint density at radius 2 is 1.80 bits per heavy atom. The molecule has 2 aliphatic rings. The van der Waals surface area contributed by atoms with E-state index in [1.165, 1.54) is 11.1 Å². The smallest absolute Gasteiger partial charge is 0.335 e. The van der Waals surface area contributed by atoms with Crippen LogP contribution >= 0.6 is 0 Å². The van der Waals surface area contributed by atoms with Crippen molar-refractivity contribution in [2.75, 3.05) is 6.61 Å². The summed E-state index contributed by atoms with van der Waals surface area (Å²) in [5, 5.41) is 9.02. The molecule has 0 spiro atoms. The summed E-state index contributed by atoms with van der Waals surface area (Å²) in [6.07, 6.45) is 5.21. The Bertz CT molecular complexity index is 972. The van der Waals surface area contributed by atoms with E-state index in [4.69, 9.17) is 14.6 Å². The van der Waals surface area contributed by atoms with Crippen LogP contribution in [0.25, 0.3) is 0 Å². The monoisotopic (exact) mass is 404 g/mol. The molecule has 1 aliphatic heterocycles. The van der Waals surface area contributed by atoms with Crippen molar-refractivity contribution in [3.8, 4) is 11.8 Å². The molecule has 2 aromatic carbocycles. The maximum atomic E-state index is 11.0. The van der Waals surface area contributed by atoms with E-state index in [1.807, 2.05) is 0 Å². The minimum absolute atomic E-state index is 0.0349. The highest BCUT2D eigenvalue weighted by atomic mass is 16.7. The fourth-order valence-corrected chi connectivity index (χ4v) is 4.29. The Kier molecular flexibility index (Phi) is 5.94. The first-order valence-electron chi connectivity index (χ1n) is 10.7. The van der Waals surface area contributed by atoms with Gasteiger partial charge in [0.05, 0.1) is 11.7 Å². The van der Waals surface area contributed by atoms with Gasteiger partial charge in [-0.05, 0) is 85.0 Å². The molecule has 0 saturated carbocycles. The van der Waals surface area contributed by atoms with Crippen LogP contribution in [0, 0.1) is 11.8 Å². The molecular formula is C26H28O4. The molecule has 4 rings (SSSR count). The van der Waals surface area contributed by atoms with Crippen LogP contribution in [0.3, 0.4) is 0 Å². The zero-order valence-electron chi connectivity index (χ0n) is 17.6. The predicted molar refractivity (Wildman–Crippen MR) is 116 cm³/mol. The number of benzene rings is 2. The van der Waals surface area contributed by atoms with Crippen molar-refractivity contribution in [1.82, 2.24) is 0 Å². The highest BCUT2D eigenvalue weighted by Crippen LogP contribution is 2.44. The molecule has 1 heterocycles. The molecule has 1 saturated heterocycles. The van der Waals surface area contributed by atoms with Crippen molar-refractivity contribution >= 4 is 5.97 Å². The highest BCUT2D eigenvalue weighted by Gasteiger charge is 2.34. The third-order valence-electron chi connectivity index (χ3n) is 6.10. The summed E-state index contributed by atoms with van der Waals surface area (Å²) >= 11 is 0. The molecule has 1 aliphatic carbocycles. The molecule has 30 heavy (non-hydrogen) atoms. The van der Waals surface area contributed by atoms with Crippen LogP contribution in [0.4, 0.5) is 0 Å². The quantitative estimate of drug-likeness (QED) is 0.692. The number of aromatic carboxylic acids is 1. The fraction of sp³-hybridized carbons (Fsp3) is 0.423. The second kappa shape index (κ2) is 8.63. The van der Waals surface area contributed by atoms with Gasteiger partial charge in [-0.2, -0.15) is 0 Å². The van der Waals surface area contributed by atoms with Gasteiger partial charge in [0.1, 0.15) is 0 Å². The summed E-state index contributed by atoms with van der Waals surface area (Å²) in [7, 11) is 0. The number of carbonyl (C=O) groups is 1. The molecule has 0 bridgehead atoms. The van der Waals surface area contributed by atoms with Crippen LogP contribution in [0.15, 0.2) is 42.5 Å². The molecule has 1 fully saturated rings. The lowest BCUT2D eigenvalue weighted by Gasteiger charge is -2.38. The molecule has 0 radical (unpaired) electrons. The van der Waals surface area contributed by atoms with E-state index in [0.717, 1.165) is 49.8 Å². The first kappa shape index (κ1) is 20.7. The second-order valence-electron chi connectivity index (χ2n) is 8.78. The van der Waals surface area contributed by atoms with Crippen molar-refractivity contribution in [3.63, 3.8) is 0 Å². The highest BCUT2D eigenvalue weighted by molar-refractivity contribution is 5.87. The second-order valence-corrected chi connectivity index (χ2v) is 8.78. The van der Waals surface area contributed by atoms with E-state index < -0.39 is 5.97 Å². The molecule has 1 N–H and O–H groups in total. The summed E-state index contributed by atoms with van der Waals surface area (Å²) in [5.74, 6) is 5.44. The first-order chi connectivity index (χ1) is 14.4. The fourth-order valence-electron chi connectivity index (χ4n) is 4.29. The third-order valence-corrected chi connectivity index (χ3v) is 6.10. The van der Waals surface area contributed by atoms with E-state index in [2.05, 4.69) is 43.9 Å². The molecule has 0 aromatic heterocycles. The summed E-state index contributed by atoms with van der Waals surface area (Å²) in [5.41, 5.74) is 4.65. The van der Waals surface area contributed by atoms with Crippen molar-refractivity contribution in [1.29, 1.82) is 0 Å². The zero-order valence-corrected chi connectivity index (χ0v) is 17.6. The van der Waals surface area contributed by atoms with E-state index in [-0.39, 0.29) is 23.4 Å². The van der Waals surface area contributed by atoms with Gasteiger partial charge in [-0.15, -0.1) is 0 Å². The number of hydrogen-bond acceptors (Lipinski definition) is 3. The lowest BCUT2D eigenvalue weighted by atomic mass is 9.71. The Morgan fingerprint density at radius 1 is 1.07 bits per heavy atom. The Balaban J connectivity index is 1.59. The average Bonchev–Trinajstić information content (AvgIpc) is 2.75. The molecule has 2 aromatic rings. The Hall–Kier alpha value is -2.61. The molecule has 0 unspecified atom stereocenters. The summed E-state index contributed by atoms with van der Waals surface area (Å²) < 4.78 is 12.2. The van der Waals surface area contributed by atoms with Gasteiger partial charge in [0, 0.05) is 17.7 Å². The van der Waals surface area contributed by atoms with E-state index in [0.29, 0.717) is 0 Å². The van der Waals surface area contributed by atoms with Gasteiger partial charge >= 0.3 is 5.97 Å². The van der Waals surface area contributed by atoms with Crippen LogP contribution in [-0.2, 0) is 14.9 Å². The minimum Gasteiger partial charge on any atom is -0.478 e. The number of ether oxygens (including phenoxy) is 2. The van der Waals surface area contributed by atoms with Gasteiger partial charge < -0.3 is 14.6 Å². The van der Waals surface area contributed by atoms with Gasteiger partial charge in [-0.1, -0.05) is 31.8 Å². The van der Waals surface area contributed by atoms with E-state index in [1.54, 1.807) is 24.3 Å². The summed E-state index contributed by atoms with van der Waals surface area (Å²) in [6, 6.07) is 13.0. The molecule has 4 heteroatoms. The number of hydrogen-bond donors (Lipinski definition) is 1. The van der Waals surface area contributed by atoms with E-state index >= 15 is 0 Å². The van der Waals surface area contributed by atoms with Crippen molar-refractivity contribution in [2.45, 2.75) is 63.8 Å². The number of rotatable bonds is 3. The Morgan fingerprint density at radius 3 is 2.50 bits per heavy atom. The summed E-state index contributed by atoms with van der Waals surface area (Å²) in [6.45, 7) is 5.35. The molecule has 2 atom stereocenters. The molecule has 0 amide bonds. The number of carboxylic acid groups (broad SMARTS) is 1. The van der Waals surface area contributed by atoms with Crippen molar-refractivity contribution < 1.29 is 19.4 Å². The van der Waals surface area contributed by atoms with Gasteiger partial charge in [-0.3, -0.25) is 0 Å². The van der Waals surface area contributed by atoms with Crippen LogP contribution in [0.2, 0.25) is 0 Å². The Labute approximate surface area is 178 Å². The standard InChI is InChI=1S/C26H28O4/c1-26(2)15-14-23(30-24-5-3-4-16-29-24)21-17-19(10-13-22(21)26)7-6-18-8-11-20(12-9-18)25(27)28/h8-13,17,23-24H,3-5,14-16H2,1-2H3,(H,27,28)/t23-,24+/m1/s1. The lowest BCUT2D eigenvalue weighted by Crippen LogP contribution is -2.31. The number of fused-ring (bicyclic) bond motifs is 1. The van der Waals surface area contributed by atoms with Crippen molar-refractivity contribution in [2.24, 2.45) is 0 Å². The summed E-state index contributed by atoms with van der Waals surface area (Å²) in [4.78, 5) is 11.0. The van der Waals surface area contributed by atoms with E-state index in [9.17, 15) is 4.79 Å². The predicted octanol–water partition coefficient (Wildman–Crippen LogP) is 5.44. The molecular weight excluding hydrogens is 376 g/mol. The van der Waals surface area contributed by atoms with Gasteiger partial charge in [0.15, 0.2) is 6.29 Å². The lowest BCUT2D eigenvalue weighted by molar-refractivity contribution is -0.193. The van der Waals surface area contributed by atoms with Crippen LogP contribution in [0.5, 0.6) is 0 Å². The maximum Gasteiger partial charge on any atom is 0.335 e.